The molecule has 0 aliphatic heterocycles. The molecule has 0 spiro atoms. The van der Waals surface area contributed by atoms with E-state index in [9.17, 15) is 13.2 Å². The molecule has 3 rings (SSSR count). The van der Waals surface area contributed by atoms with Gasteiger partial charge in [0.25, 0.3) is 5.91 Å². The first-order chi connectivity index (χ1) is 11.4. The van der Waals surface area contributed by atoms with Crippen molar-refractivity contribution in [2.45, 2.75) is 6.54 Å². The Hall–Kier alpha value is -2.80. The van der Waals surface area contributed by atoms with Crippen LogP contribution >= 0.6 is 0 Å². The summed E-state index contributed by atoms with van der Waals surface area (Å²) in [6.45, 7) is 0.304. The van der Waals surface area contributed by atoms with Gasteiger partial charge in [0.1, 0.15) is 0 Å². The standard InChI is InChI=1S/C17H17N3O3S/c1-24(22,23)20-13-5-2-4-12(10-13)11-19-17(21)15-6-3-7-16-14(15)8-9-18-16/h2-10,18,20H,11H2,1H3,(H,19,21). The molecule has 0 saturated carbocycles. The summed E-state index contributed by atoms with van der Waals surface area (Å²) in [5.74, 6) is -0.179. The van der Waals surface area contributed by atoms with Gasteiger partial charge in [-0.15, -0.1) is 0 Å². The van der Waals surface area contributed by atoms with Crippen LogP contribution in [0.2, 0.25) is 0 Å². The van der Waals surface area contributed by atoms with Gasteiger partial charge in [0, 0.05) is 34.9 Å². The molecule has 1 aromatic heterocycles. The van der Waals surface area contributed by atoms with Crippen LogP contribution in [0.25, 0.3) is 10.9 Å². The predicted octanol–water partition coefficient (Wildman–Crippen LogP) is 2.47. The fourth-order valence-electron chi connectivity index (χ4n) is 2.52. The maximum Gasteiger partial charge on any atom is 0.252 e. The highest BCUT2D eigenvalue weighted by Crippen LogP contribution is 2.17. The number of amides is 1. The van der Waals surface area contributed by atoms with Crippen molar-refractivity contribution in [1.29, 1.82) is 0 Å². The van der Waals surface area contributed by atoms with Gasteiger partial charge in [-0.2, -0.15) is 0 Å². The number of benzene rings is 2. The lowest BCUT2D eigenvalue weighted by molar-refractivity contribution is 0.0952. The minimum Gasteiger partial charge on any atom is -0.361 e. The van der Waals surface area contributed by atoms with E-state index in [1.165, 1.54) is 0 Å². The van der Waals surface area contributed by atoms with Crippen molar-refractivity contribution in [2.24, 2.45) is 0 Å². The van der Waals surface area contributed by atoms with Crippen LogP contribution in [0.15, 0.2) is 54.7 Å². The summed E-state index contributed by atoms with van der Waals surface area (Å²) >= 11 is 0. The minimum absolute atomic E-state index is 0.179. The highest BCUT2D eigenvalue weighted by molar-refractivity contribution is 7.92. The lowest BCUT2D eigenvalue weighted by atomic mass is 10.1. The summed E-state index contributed by atoms with van der Waals surface area (Å²) in [5, 5.41) is 3.72. The lowest BCUT2D eigenvalue weighted by Crippen LogP contribution is -2.23. The van der Waals surface area contributed by atoms with Gasteiger partial charge in [-0.1, -0.05) is 18.2 Å². The zero-order valence-corrected chi connectivity index (χ0v) is 13.9. The topological polar surface area (TPSA) is 91.1 Å². The molecule has 124 valence electrons. The van der Waals surface area contributed by atoms with E-state index in [1.54, 1.807) is 30.5 Å². The van der Waals surface area contributed by atoms with Crippen LogP contribution in [-0.4, -0.2) is 25.6 Å². The fraction of sp³-hybridized carbons (Fsp3) is 0.118. The Labute approximate surface area is 139 Å². The number of rotatable bonds is 5. The van der Waals surface area contributed by atoms with Gasteiger partial charge >= 0.3 is 0 Å². The number of aromatic nitrogens is 1. The van der Waals surface area contributed by atoms with E-state index in [2.05, 4.69) is 15.0 Å². The van der Waals surface area contributed by atoms with Crippen molar-refractivity contribution >= 4 is 32.5 Å². The molecule has 0 aliphatic carbocycles. The fourth-order valence-corrected chi connectivity index (χ4v) is 3.07. The highest BCUT2D eigenvalue weighted by atomic mass is 32.2. The monoisotopic (exact) mass is 343 g/mol. The molecule has 0 fully saturated rings. The first-order valence-corrected chi connectivity index (χ1v) is 9.22. The molecular formula is C17H17N3O3S. The molecule has 3 aromatic rings. The molecule has 3 N–H and O–H groups in total. The minimum atomic E-state index is -3.33. The number of sulfonamides is 1. The number of carbonyl (C=O) groups is 1. The summed E-state index contributed by atoms with van der Waals surface area (Å²) < 4.78 is 25.0. The lowest BCUT2D eigenvalue weighted by Gasteiger charge is -2.09. The van der Waals surface area contributed by atoms with E-state index < -0.39 is 10.0 Å². The molecule has 0 unspecified atom stereocenters. The Morgan fingerprint density at radius 3 is 2.71 bits per heavy atom. The first-order valence-electron chi connectivity index (χ1n) is 7.33. The summed E-state index contributed by atoms with van der Waals surface area (Å²) in [4.78, 5) is 15.5. The summed E-state index contributed by atoms with van der Waals surface area (Å²) in [5.41, 5.74) is 2.77. The van der Waals surface area contributed by atoms with Crippen molar-refractivity contribution < 1.29 is 13.2 Å². The Morgan fingerprint density at radius 2 is 1.92 bits per heavy atom. The quantitative estimate of drug-likeness (QED) is 0.664. The van der Waals surface area contributed by atoms with Crippen molar-refractivity contribution in [3.8, 4) is 0 Å². The zero-order valence-electron chi connectivity index (χ0n) is 13.0. The normalized spacial score (nSPS) is 11.4. The molecular weight excluding hydrogens is 326 g/mol. The summed E-state index contributed by atoms with van der Waals surface area (Å²) in [6, 6.07) is 14.3. The number of fused-ring (bicyclic) bond motifs is 1. The molecule has 1 amide bonds. The molecule has 7 heteroatoms. The van der Waals surface area contributed by atoms with Crippen LogP contribution in [0.3, 0.4) is 0 Å². The average molecular weight is 343 g/mol. The van der Waals surface area contributed by atoms with Crippen LogP contribution in [0.4, 0.5) is 5.69 Å². The number of anilines is 1. The SMILES string of the molecule is CS(=O)(=O)Nc1cccc(CNC(=O)c2cccc3[nH]ccc23)c1. The average Bonchev–Trinajstić information content (AvgIpc) is 2.99. The van der Waals surface area contributed by atoms with E-state index in [0.29, 0.717) is 17.8 Å². The molecule has 24 heavy (non-hydrogen) atoms. The van der Waals surface area contributed by atoms with Crippen molar-refractivity contribution in [2.75, 3.05) is 11.0 Å². The van der Waals surface area contributed by atoms with Crippen LogP contribution < -0.4 is 10.0 Å². The number of hydrogen-bond acceptors (Lipinski definition) is 3. The van der Waals surface area contributed by atoms with Gasteiger partial charge in [-0.25, -0.2) is 8.42 Å². The molecule has 6 nitrogen and oxygen atoms in total. The predicted molar refractivity (Wildman–Crippen MR) is 94.4 cm³/mol. The second-order valence-electron chi connectivity index (χ2n) is 5.50. The maximum atomic E-state index is 12.4. The van der Waals surface area contributed by atoms with E-state index in [1.807, 2.05) is 24.3 Å². The number of H-pyrrole nitrogens is 1. The van der Waals surface area contributed by atoms with Crippen LogP contribution in [0.5, 0.6) is 0 Å². The number of aromatic amines is 1. The molecule has 0 aliphatic rings. The number of hydrogen-bond donors (Lipinski definition) is 3. The van der Waals surface area contributed by atoms with Crippen LogP contribution in [-0.2, 0) is 16.6 Å². The summed E-state index contributed by atoms with van der Waals surface area (Å²) in [6.07, 6.45) is 2.89. The molecule has 0 atom stereocenters. The molecule has 0 saturated heterocycles. The second-order valence-corrected chi connectivity index (χ2v) is 7.25. The number of nitrogens with one attached hydrogen (secondary N) is 3. The van der Waals surface area contributed by atoms with Gasteiger partial charge in [0.2, 0.25) is 10.0 Å². The van der Waals surface area contributed by atoms with Crippen LogP contribution in [0, 0.1) is 0 Å². The van der Waals surface area contributed by atoms with Crippen molar-refractivity contribution in [3.63, 3.8) is 0 Å². The second kappa shape index (κ2) is 6.37. The zero-order chi connectivity index (χ0) is 17.2. The Kier molecular flexibility index (Phi) is 4.26. The van der Waals surface area contributed by atoms with E-state index >= 15 is 0 Å². The first kappa shape index (κ1) is 16.1. The molecule has 0 bridgehead atoms. The largest absolute Gasteiger partial charge is 0.361 e. The maximum absolute atomic E-state index is 12.4. The molecule has 1 heterocycles. The smallest absolute Gasteiger partial charge is 0.252 e. The van der Waals surface area contributed by atoms with Crippen LogP contribution in [0.1, 0.15) is 15.9 Å². The number of carbonyl (C=O) groups excluding carboxylic acids is 1. The third-order valence-electron chi connectivity index (χ3n) is 3.52. The van der Waals surface area contributed by atoms with Gasteiger partial charge in [0.05, 0.1) is 6.26 Å². The third-order valence-corrected chi connectivity index (χ3v) is 4.13. The Bertz CT molecular complexity index is 993. The summed E-state index contributed by atoms with van der Waals surface area (Å²) in [7, 11) is -3.33. The molecule has 2 aromatic carbocycles. The van der Waals surface area contributed by atoms with Gasteiger partial charge in [-0.3, -0.25) is 9.52 Å². The van der Waals surface area contributed by atoms with Gasteiger partial charge in [0.15, 0.2) is 0 Å². The van der Waals surface area contributed by atoms with Crippen molar-refractivity contribution in [3.05, 3.63) is 65.9 Å². The molecule has 0 radical (unpaired) electrons. The van der Waals surface area contributed by atoms with Crippen molar-refractivity contribution in [1.82, 2.24) is 10.3 Å². The van der Waals surface area contributed by atoms with E-state index in [-0.39, 0.29) is 5.91 Å². The van der Waals surface area contributed by atoms with Gasteiger partial charge < -0.3 is 10.3 Å². The van der Waals surface area contributed by atoms with E-state index in [4.69, 9.17) is 0 Å². The third kappa shape index (κ3) is 3.75. The van der Waals surface area contributed by atoms with E-state index in [0.717, 1.165) is 22.7 Å². The van der Waals surface area contributed by atoms with Gasteiger partial charge in [-0.05, 0) is 35.9 Å². The Morgan fingerprint density at radius 1 is 1.12 bits per heavy atom. The Balaban J connectivity index is 1.73. The highest BCUT2D eigenvalue weighted by Gasteiger charge is 2.10.